The molecular formula is C15H24N2O. The van der Waals surface area contributed by atoms with E-state index in [-0.39, 0.29) is 5.91 Å². The molecule has 0 atom stereocenters. The molecule has 0 radical (unpaired) electrons. The van der Waals surface area contributed by atoms with Crippen molar-refractivity contribution in [1.82, 2.24) is 5.32 Å². The first-order valence-corrected chi connectivity index (χ1v) is 6.71. The number of carbonyl (C=O) groups is 1. The minimum absolute atomic E-state index is 0.126. The van der Waals surface area contributed by atoms with Crippen LogP contribution in [0.15, 0.2) is 18.2 Å². The zero-order valence-corrected chi connectivity index (χ0v) is 11.7. The number of aryl methyl sites for hydroxylation is 2. The van der Waals surface area contributed by atoms with Gasteiger partial charge in [-0.1, -0.05) is 25.5 Å². The van der Waals surface area contributed by atoms with Gasteiger partial charge in [-0.25, -0.2) is 0 Å². The van der Waals surface area contributed by atoms with Crippen LogP contribution in [0.25, 0.3) is 0 Å². The van der Waals surface area contributed by atoms with Gasteiger partial charge in [-0.15, -0.1) is 0 Å². The number of anilines is 1. The predicted molar refractivity (Wildman–Crippen MR) is 76.9 cm³/mol. The quantitative estimate of drug-likeness (QED) is 0.728. The maximum absolute atomic E-state index is 11.5. The van der Waals surface area contributed by atoms with Gasteiger partial charge < -0.3 is 10.6 Å². The molecule has 0 aliphatic carbocycles. The normalized spacial score (nSPS) is 10.2. The first kappa shape index (κ1) is 14.6. The summed E-state index contributed by atoms with van der Waals surface area (Å²) in [6, 6.07) is 6.31. The molecule has 1 rings (SSSR count). The van der Waals surface area contributed by atoms with Gasteiger partial charge in [0.05, 0.1) is 0 Å². The van der Waals surface area contributed by atoms with Crippen molar-refractivity contribution in [2.24, 2.45) is 0 Å². The minimum atomic E-state index is 0.126. The molecule has 0 aromatic heterocycles. The lowest BCUT2D eigenvalue weighted by molar-refractivity contribution is -0.120. The number of hydrogen-bond donors (Lipinski definition) is 2. The molecule has 0 bridgehead atoms. The highest BCUT2D eigenvalue weighted by atomic mass is 16.1. The molecule has 1 aromatic carbocycles. The van der Waals surface area contributed by atoms with Gasteiger partial charge in [0.2, 0.25) is 5.91 Å². The highest BCUT2D eigenvalue weighted by Gasteiger charge is 2.01. The number of rotatable bonds is 7. The molecule has 0 saturated carbocycles. The van der Waals surface area contributed by atoms with Gasteiger partial charge in [0, 0.05) is 25.2 Å². The largest absolute Gasteiger partial charge is 0.384 e. The summed E-state index contributed by atoms with van der Waals surface area (Å²) in [5.74, 6) is 0.126. The Hall–Kier alpha value is -1.51. The zero-order valence-electron chi connectivity index (χ0n) is 11.7. The first-order chi connectivity index (χ1) is 8.63. The van der Waals surface area contributed by atoms with Gasteiger partial charge in [0.25, 0.3) is 0 Å². The number of unbranched alkanes of at least 4 members (excludes halogenated alkanes) is 1. The van der Waals surface area contributed by atoms with E-state index in [2.05, 4.69) is 49.6 Å². The minimum Gasteiger partial charge on any atom is -0.384 e. The van der Waals surface area contributed by atoms with E-state index in [1.54, 1.807) is 0 Å². The fourth-order valence-electron chi connectivity index (χ4n) is 1.73. The van der Waals surface area contributed by atoms with Crippen LogP contribution < -0.4 is 10.6 Å². The average Bonchev–Trinajstić information content (AvgIpc) is 2.34. The fourth-order valence-corrected chi connectivity index (χ4v) is 1.73. The standard InChI is InChI=1S/C15H24N2O/c1-4-5-9-17-15(18)8-10-16-14-11-12(2)6-7-13(14)3/h6-7,11,16H,4-5,8-10H2,1-3H3,(H,17,18). The van der Waals surface area contributed by atoms with Crippen molar-refractivity contribution in [2.45, 2.75) is 40.0 Å². The molecule has 0 fully saturated rings. The highest BCUT2D eigenvalue weighted by Crippen LogP contribution is 2.15. The van der Waals surface area contributed by atoms with Gasteiger partial charge in [0.1, 0.15) is 0 Å². The third-order valence-corrected chi connectivity index (χ3v) is 2.91. The summed E-state index contributed by atoms with van der Waals surface area (Å²) in [5.41, 5.74) is 3.57. The number of amides is 1. The van der Waals surface area contributed by atoms with E-state index in [1.807, 2.05) is 0 Å². The molecule has 0 heterocycles. The van der Waals surface area contributed by atoms with Gasteiger partial charge in [0.15, 0.2) is 0 Å². The smallest absolute Gasteiger partial charge is 0.221 e. The van der Waals surface area contributed by atoms with Crippen LogP contribution in [0.3, 0.4) is 0 Å². The Morgan fingerprint density at radius 3 is 2.72 bits per heavy atom. The van der Waals surface area contributed by atoms with Gasteiger partial charge >= 0.3 is 0 Å². The Kier molecular flexibility index (Phi) is 6.26. The number of hydrogen-bond acceptors (Lipinski definition) is 2. The van der Waals surface area contributed by atoms with Crippen LogP contribution in [0.5, 0.6) is 0 Å². The Balaban J connectivity index is 2.28. The molecule has 3 nitrogen and oxygen atoms in total. The van der Waals surface area contributed by atoms with Crippen LogP contribution in [-0.2, 0) is 4.79 Å². The lowest BCUT2D eigenvalue weighted by atomic mass is 10.1. The van der Waals surface area contributed by atoms with Crippen molar-refractivity contribution >= 4 is 11.6 Å². The summed E-state index contributed by atoms with van der Waals surface area (Å²) in [7, 11) is 0. The average molecular weight is 248 g/mol. The zero-order chi connectivity index (χ0) is 13.4. The first-order valence-electron chi connectivity index (χ1n) is 6.71. The number of benzene rings is 1. The van der Waals surface area contributed by atoms with Crippen LogP contribution in [0.4, 0.5) is 5.69 Å². The van der Waals surface area contributed by atoms with Crippen molar-refractivity contribution in [1.29, 1.82) is 0 Å². The second kappa shape index (κ2) is 7.75. The molecule has 3 heteroatoms. The summed E-state index contributed by atoms with van der Waals surface area (Å²) in [6.07, 6.45) is 2.69. The molecule has 0 aliphatic heterocycles. The predicted octanol–water partition coefficient (Wildman–Crippen LogP) is 3.02. The van der Waals surface area contributed by atoms with Crippen molar-refractivity contribution in [2.75, 3.05) is 18.4 Å². The second-order valence-electron chi connectivity index (χ2n) is 4.70. The van der Waals surface area contributed by atoms with Crippen molar-refractivity contribution in [3.8, 4) is 0 Å². The van der Waals surface area contributed by atoms with Crippen molar-refractivity contribution < 1.29 is 4.79 Å². The van der Waals surface area contributed by atoms with Crippen molar-refractivity contribution in [3.63, 3.8) is 0 Å². The molecular weight excluding hydrogens is 224 g/mol. The molecule has 100 valence electrons. The second-order valence-corrected chi connectivity index (χ2v) is 4.70. The lowest BCUT2D eigenvalue weighted by Crippen LogP contribution is -2.26. The molecule has 0 spiro atoms. The maximum atomic E-state index is 11.5. The Morgan fingerprint density at radius 2 is 2.00 bits per heavy atom. The van der Waals surface area contributed by atoms with Crippen LogP contribution in [0.2, 0.25) is 0 Å². The summed E-state index contributed by atoms with van der Waals surface area (Å²) < 4.78 is 0. The molecule has 1 aromatic rings. The Bertz CT molecular complexity index is 388. The highest BCUT2D eigenvalue weighted by molar-refractivity contribution is 5.76. The van der Waals surface area contributed by atoms with E-state index in [9.17, 15) is 4.79 Å². The van der Waals surface area contributed by atoms with Crippen LogP contribution in [0, 0.1) is 13.8 Å². The van der Waals surface area contributed by atoms with Crippen LogP contribution >= 0.6 is 0 Å². The SMILES string of the molecule is CCCCNC(=O)CCNc1cc(C)ccc1C. The Labute approximate surface area is 110 Å². The van der Waals surface area contributed by atoms with Crippen LogP contribution in [-0.4, -0.2) is 19.0 Å². The van der Waals surface area contributed by atoms with Gasteiger partial charge in [-0.05, 0) is 37.5 Å². The lowest BCUT2D eigenvalue weighted by Gasteiger charge is -2.10. The summed E-state index contributed by atoms with van der Waals surface area (Å²) in [4.78, 5) is 11.5. The van der Waals surface area contributed by atoms with E-state index < -0.39 is 0 Å². The van der Waals surface area contributed by atoms with Gasteiger partial charge in [-0.2, -0.15) is 0 Å². The summed E-state index contributed by atoms with van der Waals surface area (Å²) >= 11 is 0. The number of carbonyl (C=O) groups excluding carboxylic acids is 1. The third-order valence-electron chi connectivity index (χ3n) is 2.91. The maximum Gasteiger partial charge on any atom is 0.221 e. The van der Waals surface area contributed by atoms with E-state index in [0.717, 1.165) is 25.1 Å². The molecule has 18 heavy (non-hydrogen) atoms. The Morgan fingerprint density at radius 1 is 1.22 bits per heavy atom. The molecule has 1 amide bonds. The topological polar surface area (TPSA) is 41.1 Å². The number of nitrogens with one attached hydrogen (secondary N) is 2. The summed E-state index contributed by atoms with van der Waals surface area (Å²) in [5, 5.41) is 6.23. The van der Waals surface area contributed by atoms with E-state index >= 15 is 0 Å². The van der Waals surface area contributed by atoms with E-state index in [0.29, 0.717) is 13.0 Å². The third kappa shape index (κ3) is 5.21. The molecule has 0 saturated heterocycles. The van der Waals surface area contributed by atoms with E-state index in [4.69, 9.17) is 0 Å². The molecule has 0 aliphatic rings. The monoisotopic (exact) mass is 248 g/mol. The molecule has 2 N–H and O–H groups in total. The van der Waals surface area contributed by atoms with Crippen LogP contribution in [0.1, 0.15) is 37.3 Å². The van der Waals surface area contributed by atoms with Gasteiger partial charge in [-0.3, -0.25) is 4.79 Å². The molecule has 0 unspecified atom stereocenters. The van der Waals surface area contributed by atoms with Crippen molar-refractivity contribution in [3.05, 3.63) is 29.3 Å². The summed E-state index contributed by atoms with van der Waals surface area (Å²) in [6.45, 7) is 7.74. The fraction of sp³-hybridized carbons (Fsp3) is 0.533. The van der Waals surface area contributed by atoms with E-state index in [1.165, 1.54) is 11.1 Å².